The van der Waals surface area contributed by atoms with Gasteiger partial charge in [0.2, 0.25) is 0 Å². The van der Waals surface area contributed by atoms with E-state index in [1.807, 2.05) is 21.0 Å². The van der Waals surface area contributed by atoms with Gasteiger partial charge < -0.3 is 14.9 Å². The quantitative estimate of drug-likeness (QED) is 0.573. The van der Waals surface area contributed by atoms with E-state index in [0.29, 0.717) is 17.9 Å². The number of rotatable bonds is 3. The number of hydrogen-bond acceptors (Lipinski definition) is 3. The largest absolute Gasteiger partial charge is 0.400 e. The normalized spacial score (nSPS) is 43.0. The second-order valence-corrected chi connectivity index (χ2v) is 9.78. The van der Waals surface area contributed by atoms with Crippen LogP contribution in [0.15, 0.2) is 23.8 Å². The highest BCUT2D eigenvalue weighted by Gasteiger charge is 2.61. The average molecular weight is 407 g/mol. The van der Waals surface area contributed by atoms with Gasteiger partial charge in [0, 0.05) is 14.2 Å². The van der Waals surface area contributed by atoms with Gasteiger partial charge in [-0.05, 0) is 93.8 Å². The molecule has 0 saturated heterocycles. The molecule has 0 amide bonds. The minimum atomic E-state index is -0.496. The van der Waals surface area contributed by atoms with E-state index in [1.165, 1.54) is 38.5 Å². The highest BCUT2D eigenvalue weighted by molar-refractivity contribution is 5.29. The molecule has 2 N–H and O–H groups in total. The Hall–Kier alpha value is -0.640. The molecule has 4 rings (SSSR count). The van der Waals surface area contributed by atoms with Gasteiger partial charge in [-0.25, -0.2) is 0 Å². The van der Waals surface area contributed by atoms with Crippen molar-refractivity contribution in [1.29, 1.82) is 0 Å². The molecule has 0 aliphatic heterocycles. The van der Waals surface area contributed by atoms with Crippen molar-refractivity contribution in [2.45, 2.75) is 97.2 Å². The Morgan fingerprint density at radius 1 is 1.14 bits per heavy atom. The SMILES string of the molecule is C=CCC1CC2(C)C(CC[C@]2(C)O)C2CCC3=C(CCC(OC)C3)C12.CC.CO. The number of aliphatic hydroxyl groups excluding tert-OH is 1. The fourth-order valence-corrected chi connectivity index (χ4v) is 7.35. The molecule has 168 valence electrons. The molecule has 0 aromatic heterocycles. The summed E-state index contributed by atoms with van der Waals surface area (Å²) in [6, 6.07) is 0. The van der Waals surface area contributed by atoms with Gasteiger partial charge in [0.05, 0.1) is 11.7 Å². The first-order valence-electron chi connectivity index (χ1n) is 11.9. The Labute approximate surface area is 179 Å². The molecule has 0 radical (unpaired) electrons. The minimum absolute atomic E-state index is 0.0869. The van der Waals surface area contributed by atoms with Gasteiger partial charge in [-0.3, -0.25) is 0 Å². The van der Waals surface area contributed by atoms with Crippen LogP contribution in [0, 0.1) is 29.1 Å². The Bertz CT molecular complexity index is 579. The van der Waals surface area contributed by atoms with E-state index >= 15 is 0 Å². The number of aliphatic hydroxyl groups is 2. The lowest BCUT2D eigenvalue weighted by molar-refractivity contribution is -0.113. The summed E-state index contributed by atoms with van der Waals surface area (Å²) >= 11 is 0. The van der Waals surface area contributed by atoms with E-state index in [4.69, 9.17) is 9.84 Å². The number of methoxy groups -OCH3 is 1. The smallest absolute Gasteiger partial charge is 0.0676 e. The van der Waals surface area contributed by atoms with Crippen LogP contribution in [0.2, 0.25) is 0 Å². The molecule has 7 atom stereocenters. The Kier molecular flexibility index (Phi) is 8.59. The zero-order valence-electron chi connectivity index (χ0n) is 19.8. The van der Waals surface area contributed by atoms with Crippen molar-refractivity contribution >= 4 is 0 Å². The van der Waals surface area contributed by atoms with Crippen LogP contribution in [0.4, 0.5) is 0 Å². The maximum Gasteiger partial charge on any atom is 0.0676 e. The van der Waals surface area contributed by atoms with Gasteiger partial charge in [-0.2, -0.15) is 0 Å². The van der Waals surface area contributed by atoms with Crippen LogP contribution in [-0.4, -0.2) is 36.1 Å². The van der Waals surface area contributed by atoms with Crippen LogP contribution in [-0.2, 0) is 4.74 Å². The zero-order valence-corrected chi connectivity index (χ0v) is 19.8. The molecule has 4 aliphatic rings. The minimum Gasteiger partial charge on any atom is -0.400 e. The molecule has 0 aromatic carbocycles. The first kappa shape index (κ1) is 24.6. The van der Waals surface area contributed by atoms with Crippen LogP contribution >= 0.6 is 0 Å². The van der Waals surface area contributed by atoms with Gasteiger partial charge in [-0.15, -0.1) is 6.58 Å². The van der Waals surface area contributed by atoms with E-state index in [2.05, 4.69) is 26.5 Å². The summed E-state index contributed by atoms with van der Waals surface area (Å²) in [4.78, 5) is 0. The zero-order chi connectivity index (χ0) is 21.8. The van der Waals surface area contributed by atoms with E-state index in [9.17, 15) is 5.11 Å². The Morgan fingerprint density at radius 2 is 1.83 bits per heavy atom. The third kappa shape index (κ3) is 4.25. The first-order chi connectivity index (χ1) is 13.9. The lowest BCUT2D eigenvalue weighted by Crippen LogP contribution is -2.53. The molecule has 2 fully saturated rings. The molecule has 2 saturated carbocycles. The van der Waals surface area contributed by atoms with Gasteiger partial charge in [0.1, 0.15) is 0 Å². The van der Waals surface area contributed by atoms with Crippen molar-refractivity contribution in [2.24, 2.45) is 29.1 Å². The van der Waals surface area contributed by atoms with Crippen molar-refractivity contribution < 1.29 is 14.9 Å². The van der Waals surface area contributed by atoms with Crippen LogP contribution in [0.1, 0.15) is 85.5 Å². The maximum atomic E-state index is 11.2. The molecule has 0 bridgehead atoms. The standard InChI is InChI=1S/C23H36O2.C2H6.CH4O/c1-5-6-16-14-22(2)20(11-12-23(22,3)24)19-9-7-15-13-17(25-4)8-10-18(15)21(16)19;2*1-2/h5,16-17,19-21,24H,1,6-14H2,2-4H3;1-2H3;2H,1H3/t16?,17?,19?,20?,21?,22?,23-;;/m0../s1. The monoisotopic (exact) mass is 406 g/mol. The van der Waals surface area contributed by atoms with Crippen LogP contribution < -0.4 is 0 Å². The van der Waals surface area contributed by atoms with E-state index in [1.54, 1.807) is 11.1 Å². The molecule has 0 aromatic rings. The van der Waals surface area contributed by atoms with E-state index in [-0.39, 0.29) is 5.41 Å². The molecular weight excluding hydrogens is 360 g/mol. The second kappa shape index (κ2) is 10.1. The summed E-state index contributed by atoms with van der Waals surface area (Å²) < 4.78 is 5.68. The van der Waals surface area contributed by atoms with Gasteiger partial charge in [0.25, 0.3) is 0 Å². The fourth-order valence-electron chi connectivity index (χ4n) is 7.35. The molecule has 6 unspecified atom stereocenters. The van der Waals surface area contributed by atoms with Crippen molar-refractivity contribution in [3.63, 3.8) is 0 Å². The molecule has 3 heteroatoms. The van der Waals surface area contributed by atoms with Crippen molar-refractivity contribution in [2.75, 3.05) is 14.2 Å². The lowest BCUT2D eigenvalue weighted by atomic mass is 9.49. The first-order valence-corrected chi connectivity index (χ1v) is 11.9. The molecular formula is C26H46O3. The summed E-state index contributed by atoms with van der Waals surface area (Å²) in [6.07, 6.45) is 13.2. The van der Waals surface area contributed by atoms with Gasteiger partial charge in [-0.1, -0.05) is 38.0 Å². The molecule has 0 heterocycles. The van der Waals surface area contributed by atoms with Crippen LogP contribution in [0.25, 0.3) is 0 Å². The van der Waals surface area contributed by atoms with Gasteiger partial charge >= 0.3 is 0 Å². The number of hydrogen-bond donors (Lipinski definition) is 2. The van der Waals surface area contributed by atoms with Crippen molar-refractivity contribution in [3.05, 3.63) is 23.8 Å². The molecule has 4 aliphatic carbocycles. The molecule has 3 nitrogen and oxygen atoms in total. The molecule has 0 spiro atoms. The van der Waals surface area contributed by atoms with Crippen LogP contribution in [0.5, 0.6) is 0 Å². The number of fused-ring (bicyclic) bond motifs is 4. The lowest BCUT2D eigenvalue weighted by Gasteiger charge is -2.57. The molecule has 29 heavy (non-hydrogen) atoms. The van der Waals surface area contributed by atoms with Crippen LogP contribution in [0.3, 0.4) is 0 Å². The summed E-state index contributed by atoms with van der Waals surface area (Å²) in [5.41, 5.74) is 3.11. The predicted molar refractivity (Wildman–Crippen MR) is 122 cm³/mol. The second-order valence-electron chi connectivity index (χ2n) is 9.78. The number of ether oxygens (including phenoxy) is 1. The van der Waals surface area contributed by atoms with Crippen molar-refractivity contribution in [3.8, 4) is 0 Å². The maximum absolute atomic E-state index is 11.2. The van der Waals surface area contributed by atoms with Crippen molar-refractivity contribution in [1.82, 2.24) is 0 Å². The summed E-state index contributed by atoms with van der Waals surface area (Å²) in [7, 11) is 2.87. The van der Waals surface area contributed by atoms with Gasteiger partial charge in [0.15, 0.2) is 0 Å². The number of allylic oxidation sites excluding steroid dienone is 2. The fraction of sp³-hybridized carbons (Fsp3) is 0.846. The third-order valence-corrected chi connectivity index (χ3v) is 8.81. The highest BCUT2D eigenvalue weighted by atomic mass is 16.5. The average Bonchev–Trinajstić information content (AvgIpc) is 2.99. The summed E-state index contributed by atoms with van der Waals surface area (Å²) in [6.45, 7) is 12.6. The van der Waals surface area contributed by atoms with E-state index in [0.717, 1.165) is 38.2 Å². The summed E-state index contributed by atoms with van der Waals surface area (Å²) in [5, 5.41) is 18.2. The Balaban J connectivity index is 0.000000707. The topological polar surface area (TPSA) is 49.7 Å². The van der Waals surface area contributed by atoms with E-state index < -0.39 is 5.60 Å². The Morgan fingerprint density at radius 3 is 2.45 bits per heavy atom. The highest BCUT2D eigenvalue weighted by Crippen LogP contribution is 2.66. The summed E-state index contributed by atoms with van der Waals surface area (Å²) in [5.74, 6) is 2.88. The third-order valence-electron chi connectivity index (χ3n) is 8.81. The predicted octanol–water partition coefficient (Wildman–Crippen LogP) is 5.91.